The first-order valence-corrected chi connectivity index (χ1v) is 10.9. The summed E-state index contributed by atoms with van der Waals surface area (Å²) >= 11 is 0. The summed E-state index contributed by atoms with van der Waals surface area (Å²) in [6.45, 7) is 0.751. The van der Waals surface area contributed by atoms with E-state index in [2.05, 4.69) is 0 Å². The Hall–Kier alpha value is -3.31. The maximum atomic E-state index is 13.2. The van der Waals surface area contributed by atoms with Crippen molar-refractivity contribution in [3.63, 3.8) is 0 Å². The third kappa shape index (κ3) is 4.78. The number of nitrogens with zero attached hydrogens (tertiary/aromatic N) is 1. The van der Waals surface area contributed by atoms with E-state index >= 15 is 0 Å². The van der Waals surface area contributed by atoms with Crippen molar-refractivity contribution in [1.82, 2.24) is 4.90 Å². The van der Waals surface area contributed by atoms with Crippen LogP contribution in [0.1, 0.15) is 41.7 Å². The monoisotopic (exact) mass is 431 g/mol. The number of ether oxygens (including phenoxy) is 3. The van der Waals surface area contributed by atoms with Crippen LogP contribution in [0.5, 0.6) is 11.5 Å². The van der Waals surface area contributed by atoms with E-state index in [0.29, 0.717) is 11.5 Å². The second-order valence-electron chi connectivity index (χ2n) is 7.87. The number of methoxy groups -OCH3 is 2. The molecule has 1 aliphatic rings. The highest BCUT2D eigenvalue weighted by Gasteiger charge is 2.31. The van der Waals surface area contributed by atoms with Gasteiger partial charge in [0.1, 0.15) is 12.7 Å². The van der Waals surface area contributed by atoms with Gasteiger partial charge in [-0.3, -0.25) is 4.79 Å². The van der Waals surface area contributed by atoms with Gasteiger partial charge in [0.15, 0.2) is 11.5 Å². The van der Waals surface area contributed by atoms with E-state index in [9.17, 15) is 4.79 Å². The Morgan fingerprint density at radius 3 is 2.12 bits per heavy atom. The van der Waals surface area contributed by atoms with Crippen molar-refractivity contribution in [2.75, 3.05) is 27.4 Å². The minimum absolute atomic E-state index is 0.000790. The van der Waals surface area contributed by atoms with Crippen molar-refractivity contribution < 1.29 is 19.0 Å². The van der Waals surface area contributed by atoms with Crippen LogP contribution >= 0.6 is 0 Å². The lowest BCUT2D eigenvalue weighted by Gasteiger charge is -2.27. The summed E-state index contributed by atoms with van der Waals surface area (Å²) in [4.78, 5) is 15.1. The van der Waals surface area contributed by atoms with Gasteiger partial charge in [0.2, 0.25) is 5.91 Å². The Morgan fingerprint density at radius 1 is 0.906 bits per heavy atom. The van der Waals surface area contributed by atoms with Gasteiger partial charge in [-0.05, 0) is 41.7 Å². The fraction of sp³-hybridized carbons (Fsp3) is 0.296. The van der Waals surface area contributed by atoms with Gasteiger partial charge >= 0.3 is 0 Å². The Bertz CT molecular complexity index is 983. The molecule has 0 bridgehead atoms. The molecule has 0 aromatic heterocycles. The van der Waals surface area contributed by atoms with Gasteiger partial charge in [-0.25, -0.2) is 0 Å². The number of rotatable bonds is 8. The maximum absolute atomic E-state index is 13.2. The Balaban J connectivity index is 1.50. The third-order valence-electron chi connectivity index (χ3n) is 5.94. The van der Waals surface area contributed by atoms with Crippen molar-refractivity contribution in [3.05, 3.63) is 95.6 Å². The molecule has 5 nitrogen and oxygen atoms in total. The van der Waals surface area contributed by atoms with E-state index < -0.39 is 0 Å². The summed E-state index contributed by atoms with van der Waals surface area (Å²) in [5.74, 6) is 1.36. The molecule has 4 rings (SSSR count). The molecular weight excluding hydrogens is 402 g/mol. The van der Waals surface area contributed by atoms with E-state index in [0.717, 1.165) is 36.1 Å². The second-order valence-corrected chi connectivity index (χ2v) is 7.87. The average Bonchev–Trinajstić information content (AvgIpc) is 3.35. The van der Waals surface area contributed by atoms with Crippen LogP contribution in [0.4, 0.5) is 0 Å². The molecule has 3 aromatic rings. The zero-order valence-corrected chi connectivity index (χ0v) is 18.6. The summed E-state index contributed by atoms with van der Waals surface area (Å²) in [6, 6.07) is 25.9. The second kappa shape index (κ2) is 10.3. The molecule has 5 heteroatoms. The SMILES string of the molecule is COc1ccc(C2CCCN2C(=O)COC(c2ccccc2)c2ccccc2)cc1OC. The van der Waals surface area contributed by atoms with Crippen molar-refractivity contribution in [2.24, 2.45) is 0 Å². The number of likely N-dealkylation sites (tertiary alicyclic amines) is 1. The lowest BCUT2D eigenvalue weighted by atomic mass is 10.0. The van der Waals surface area contributed by atoms with Crippen molar-refractivity contribution in [2.45, 2.75) is 25.0 Å². The number of amides is 1. The molecule has 0 spiro atoms. The molecular formula is C27H29NO4. The van der Waals surface area contributed by atoms with Crippen LogP contribution in [0.15, 0.2) is 78.9 Å². The molecule has 1 saturated heterocycles. The molecule has 32 heavy (non-hydrogen) atoms. The molecule has 1 heterocycles. The molecule has 1 fully saturated rings. The molecule has 1 amide bonds. The fourth-order valence-corrected chi connectivity index (χ4v) is 4.35. The first-order chi connectivity index (χ1) is 15.7. The van der Waals surface area contributed by atoms with Gasteiger partial charge in [0, 0.05) is 6.54 Å². The smallest absolute Gasteiger partial charge is 0.249 e. The van der Waals surface area contributed by atoms with Gasteiger partial charge < -0.3 is 19.1 Å². The highest BCUT2D eigenvalue weighted by molar-refractivity contribution is 5.78. The van der Waals surface area contributed by atoms with Gasteiger partial charge in [-0.1, -0.05) is 66.7 Å². The topological polar surface area (TPSA) is 48.0 Å². The van der Waals surface area contributed by atoms with E-state index in [1.54, 1.807) is 14.2 Å². The number of carbonyl (C=O) groups is 1. The molecule has 0 aliphatic carbocycles. The third-order valence-corrected chi connectivity index (χ3v) is 5.94. The number of hydrogen-bond donors (Lipinski definition) is 0. The van der Waals surface area contributed by atoms with Crippen molar-refractivity contribution in [1.29, 1.82) is 0 Å². The first-order valence-electron chi connectivity index (χ1n) is 10.9. The lowest BCUT2D eigenvalue weighted by molar-refractivity contribution is -0.138. The zero-order chi connectivity index (χ0) is 22.3. The normalized spacial score (nSPS) is 15.7. The van der Waals surface area contributed by atoms with Crippen LogP contribution in [0.2, 0.25) is 0 Å². The standard InChI is InChI=1S/C27H29NO4/c1-30-24-16-15-22(18-25(24)31-2)23-14-9-17-28(23)26(29)19-32-27(20-10-5-3-6-11-20)21-12-7-4-8-13-21/h3-8,10-13,15-16,18,23,27H,9,14,17,19H2,1-2H3. The highest BCUT2D eigenvalue weighted by Crippen LogP contribution is 2.37. The Morgan fingerprint density at radius 2 is 1.53 bits per heavy atom. The average molecular weight is 432 g/mol. The van der Waals surface area contributed by atoms with Gasteiger partial charge in [0.05, 0.1) is 20.3 Å². The molecule has 0 radical (unpaired) electrons. The molecule has 0 saturated carbocycles. The van der Waals surface area contributed by atoms with Crippen LogP contribution in [0, 0.1) is 0 Å². The van der Waals surface area contributed by atoms with Crippen LogP contribution in [0.25, 0.3) is 0 Å². The summed E-state index contributed by atoms with van der Waals surface area (Å²) in [5.41, 5.74) is 3.12. The first kappa shape index (κ1) is 21.9. The maximum Gasteiger partial charge on any atom is 0.249 e. The molecule has 0 N–H and O–H groups in total. The predicted molar refractivity (Wildman–Crippen MR) is 124 cm³/mol. The molecule has 1 aliphatic heterocycles. The minimum Gasteiger partial charge on any atom is -0.493 e. The summed E-state index contributed by atoms with van der Waals surface area (Å²) in [5, 5.41) is 0. The van der Waals surface area contributed by atoms with Gasteiger partial charge in [0.25, 0.3) is 0 Å². The minimum atomic E-state index is -0.288. The highest BCUT2D eigenvalue weighted by atomic mass is 16.5. The van der Waals surface area contributed by atoms with E-state index in [-0.39, 0.29) is 24.7 Å². The number of benzene rings is 3. The van der Waals surface area contributed by atoms with Crippen LogP contribution in [-0.4, -0.2) is 38.2 Å². The lowest BCUT2D eigenvalue weighted by Crippen LogP contribution is -2.34. The predicted octanol–water partition coefficient (Wildman–Crippen LogP) is 5.17. The van der Waals surface area contributed by atoms with Gasteiger partial charge in [-0.15, -0.1) is 0 Å². The van der Waals surface area contributed by atoms with E-state index in [1.165, 1.54) is 0 Å². The summed E-state index contributed by atoms with van der Waals surface area (Å²) in [6.07, 6.45) is 1.59. The Kier molecular flexibility index (Phi) is 7.07. The van der Waals surface area contributed by atoms with Gasteiger partial charge in [-0.2, -0.15) is 0 Å². The quantitative estimate of drug-likeness (QED) is 0.493. The van der Waals surface area contributed by atoms with Crippen LogP contribution < -0.4 is 9.47 Å². The molecule has 166 valence electrons. The summed E-state index contributed by atoms with van der Waals surface area (Å²) < 4.78 is 17.0. The van der Waals surface area contributed by atoms with E-state index in [1.807, 2.05) is 83.8 Å². The Labute approximate surface area is 189 Å². The number of carbonyl (C=O) groups excluding carboxylic acids is 1. The molecule has 1 unspecified atom stereocenters. The van der Waals surface area contributed by atoms with Crippen molar-refractivity contribution in [3.8, 4) is 11.5 Å². The molecule has 1 atom stereocenters. The zero-order valence-electron chi connectivity index (χ0n) is 18.6. The number of hydrogen-bond acceptors (Lipinski definition) is 4. The fourth-order valence-electron chi connectivity index (χ4n) is 4.35. The summed E-state index contributed by atoms with van der Waals surface area (Å²) in [7, 11) is 3.25. The largest absolute Gasteiger partial charge is 0.493 e. The van der Waals surface area contributed by atoms with Crippen LogP contribution in [-0.2, 0) is 9.53 Å². The molecule has 3 aromatic carbocycles. The van der Waals surface area contributed by atoms with Crippen LogP contribution in [0.3, 0.4) is 0 Å². The van der Waals surface area contributed by atoms with E-state index in [4.69, 9.17) is 14.2 Å². The van der Waals surface area contributed by atoms with Crippen molar-refractivity contribution >= 4 is 5.91 Å².